The van der Waals surface area contributed by atoms with E-state index < -0.39 is 25.2 Å². The molecule has 112 valence electrons. The van der Waals surface area contributed by atoms with Gasteiger partial charge in [-0.3, -0.25) is 9.69 Å². The highest BCUT2D eigenvalue weighted by molar-refractivity contribution is 5.69. The predicted molar refractivity (Wildman–Crippen MR) is 65.8 cm³/mol. The van der Waals surface area contributed by atoms with Crippen molar-refractivity contribution >= 4 is 5.97 Å². The van der Waals surface area contributed by atoms with Crippen molar-refractivity contribution in [3.63, 3.8) is 0 Å². The molecule has 2 atom stereocenters. The Hall–Kier alpha value is -0.780. The summed E-state index contributed by atoms with van der Waals surface area (Å²) in [4.78, 5) is 11.8. The van der Waals surface area contributed by atoms with E-state index in [0.29, 0.717) is 18.8 Å². The summed E-state index contributed by atoms with van der Waals surface area (Å²) < 4.78 is 37.7. The number of aliphatic carboxylic acids is 1. The molecule has 1 saturated carbocycles. The van der Waals surface area contributed by atoms with Crippen molar-refractivity contribution in [2.75, 3.05) is 13.1 Å². The monoisotopic (exact) mass is 281 g/mol. The molecule has 1 aliphatic carbocycles. The molecule has 6 heteroatoms. The van der Waals surface area contributed by atoms with Gasteiger partial charge < -0.3 is 5.11 Å². The van der Waals surface area contributed by atoms with Gasteiger partial charge in [-0.05, 0) is 30.6 Å². The fourth-order valence-corrected chi connectivity index (χ4v) is 3.29. The number of nitrogens with zero attached hydrogens (tertiary/aromatic N) is 1. The second-order valence-electron chi connectivity index (χ2n) is 6.48. The van der Waals surface area contributed by atoms with Crippen LogP contribution in [0, 0.1) is 11.3 Å². The molecular formula is C13H22F3NO2. The topological polar surface area (TPSA) is 40.5 Å². The molecule has 0 aromatic heterocycles. The Labute approximate surface area is 111 Å². The van der Waals surface area contributed by atoms with Crippen molar-refractivity contribution in [2.24, 2.45) is 11.3 Å². The highest BCUT2D eigenvalue weighted by Gasteiger charge is 2.40. The zero-order valence-corrected chi connectivity index (χ0v) is 11.6. The van der Waals surface area contributed by atoms with Crippen LogP contribution in [0.25, 0.3) is 0 Å². The van der Waals surface area contributed by atoms with E-state index in [1.165, 1.54) is 0 Å². The van der Waals surface area contributed by atoms with Crippen LogP contribution in [0.2, 0.25) is 0 Å². The molecule has 0 saturated heterocycles. The third-order valence-corrected chi connectivity index (χ3v) is 3.60. The van der Waals surface area contributed by atoms with Crippen LogP contribution in [0.15, 0.2) is 0 Å². The second-order valence-corrected chi connectivity index (χ2v) is 6.48. The average molecular weight is 281 g/mol. The third-order valence-electron chi connectivity index (χ3n) is 3.60. The lowest BCUT2D eigenvalue weighted by Crippen LogP contribution is -2.48. The Morgan fingerprint density at radius 2 is 1.95 bits per heavy atom. The minimum atomic E-state index is -4.36. The number of halogens is 3. The van der Waals surface area contributed by atoms with Gasteiger partial charge in [0, 0.05) is 6.04 Å². The van der Waals surface area contributed by atoms with Gasteiger partial charge in [-0.2, -0.15) is 13.2 Å². The first-order valence-electron chi connectivity index (χ1n) is 6.51. The maximum Gasteiger partial charge on any atom is 0.401 e. The minimum absolute atomic E-state index is 0.0370. The fourth-order valence-electron chi connectivity index (χ4n) is 3.29. The molecule has 0 aliphatic heterocycles. The van der Waals surface area contributed by atoms with Gasteiger partial charge in [0.05, 0.1) is 13.1 Å². The minimum Gasteiger partial charge on any atom is -0.480 e. The third kappa shape index (κ3) is 5.80. The lowest BCUT2D eigenvalue weighted by molar-refractivity contribution is -0.161. The summed E-state index contributed by atoms with van der Waals surface area (Å²) in [5, 5.41) is 8.80. The van der Waals surface area contributed by atoms with E-state index in [2.05, 4.69) is 0 Å². The molecule has 0 bridgehead atoms. The van der Waals surface area contributed by atoms with Crippen molar-refractivity contribution in [1.82, 2.24) is 4.90 Å². The fraction of sp³-hybridized carbons (Fsp3) is 0.923. The van der Waals surface area contributed by atoms with E-state index in [-0.39, 0.29) is 11.5 Å². The first-order chi connectivity index (χ1) is 8.48. The van der Waals surface area contributed by atoms with E-state index in [1.807, 2.05) is 20.8 Å². The summed E-state index contributed by atoms with van der Waals surface area (Å²) in [6.45, 7) is 4.38. The normalized spacial score (nSPS) is 27.5. The summed E-state index contributed by atoms with van der Waals surface area (Å²) >= 11 is 0. The number of rotatable bonds is 4. The highest BCUT2D eigenvalue weighted by Crippen LogP contribution is 2.40. The van der Waals surface area contributed by atoms with Crippen molar-refractivity contribution < 1.29 is 23.1 Å². The van der Waals surface area contributed by atoms with Crippen LogP contribution in [0.5, 0.6) is 0 Å². The van der Waals surface area contributed by atoms with Crippen LogP contribution in [0.4, 0.5) is 13.2 Å². The maximum absolute atomic E-state index is 12.6. The van der Waals surface area contributed by atoms with E-state index in [1.54, 1.807) is 0 Å². The highest BCUT2D eigenvalue weighted by atomic mass is 19.4. The Bertz CT molecular complexity index is 328. The maximum atomic E-state index is 12.6. The van der Waals surface area contributed by atoms with Gasteiger partial charge >= 0.3 is 12.1 Å². The van der Waals surface area contributed by atoms with Gasteiger partial charge in [-0.15, -0.1) is 0 Å². The van der Waals surface area contributed by atoms with Gasteiger partial charge in [0.15, 0.2) is 0 Å². The van der Waals surface area contributed by atoms with Crippen molar-refractivity contribution in [3.8, 4) is 0 Å². The van der Waals surface area contributed by atoms with E-state index >= 15 is 0 Å². The van der Waals surface area contributed by atoms with Crippen LogP contribution in [-0.2, 0) is 4.79 Å². The molecule has 2 unspecified atom stereocenters. The first-order valence-corrected chi connectivity index (χ1v) is 6.51. The van der Waals surface area contributed by atoms with Crippen LogP contribution in [0.3, 0.4) is 0 Å². The van der Waals surface area contributed by atoms with Crippen LogP contribution < -0.4 is 0 Å². The zero-order chi connectivity index (χ0) is 14.8. The van der Waals surface area contributed by atoms with E-state index in [9.17, 15) is 18.0 Å². The molecule has 0 amide bonds. The van der Waals surface area contributed by atoms with Crippen LogP contribution in [-0.4, -0.2) is 41.3 Å². The zero-order valence-electron chi connectivity index (χ0n) is 11.6. The Morgan fingerprint density at radius 1 is 1.37 bits per heavy atom. The van der Waals surface area contributed by atoms with Gasteiger partial charge in [0.1, 0.15) is 0 Å². The van der Waals surface area contributed by atoms with E-state index in [4.69, 9.17) is 5.11 Å². The Kier molecular flexibility index (Phi) is 4.87. The second kappa shape index (κ2) is 5.69. The van der Waals surface area contributed by atoms with Gasteiger partial charge in [0.25, 0.3) is 0 Å². The molecule has 1 fully saturated rings. The number of carboxylic acids is 1. The molecule has 1 aliphatic rings. The molecule has 1 N–H and O–H groups in total. The van der Waals surface area contributed by atoms with Crippen molar-refractivity contribution in [2.45, 2.75) is 52.3 Å². The lowest BCUT2D eigenvalue weighted by atomic mass is 9.70. The summed E-state index contributed by atoms with van der Waals surface area (Å²) in [5.41, 5.74) is -0.0370. The Morgan fingerprint density at radius 3 is 2.37 bits per heavy atom. The smallest absolute Gasteiger partial charge is 0.401 e. The summed E-state index contributed by atoms with van der Waals surface area (Å²) in [5.74, 6) is -0.890. The molecule has 0 aromatic carbocycles. The molecule has 0 aromatic rings. The van der Waals surface area contributed by atoms with Crippen molar-refractivity contribution in [1.29, 1.82) is 0 Å². The largest absolute Gasteiger partial charge is 0.480 e. The molecular weight excluding hydrogens is 259 g/mol. The van der Waals surface area contributed by atoms with Crippen LogP contribution in [0.1, 0.15) is 40.0 Å². The lowest BCUT2D eigenvalue weighted by Gasteiger charge is -2.43. The average Bonchev–Trinajstić information content (AvgIpc) is 2.09. The van der Waals surface area contributed by atoms with Gasteiger partial charge in [-0.1, -0.05) is 20.8 Å². The summed E-state index contributed by atoms with van der Waals surface area (Å²) in [6, 6.07) is -0.309. The Balaban J connectivity index is 2.81. The van der Waals surface area contributed by atoms with Crippen LogP contribution >= 0.6 is 0 Å². The molecule has 1 rings (SSSR count). The number of hydrogen-bond donors (Lipinski definition) is 1. The number of alkyl halides is 3. The summed E-state index contributed by atoms with van der Waals surface area (Å²) in [7, 11) is 0. The SMILES string of the molecule is CC1CC(N(CC(=O)O)CC(F)(F)F)CC(C)(C)C1. The summed E-state index contributed by atoms with van der Waals surface area (Å²) in [6.07, 6.45) is -2.15. The molecule has 0 heterocycles. The standard InChI is InChI=1S/C13H22F3NO2/c1-9-4-10(6-12(2,3)5-9)17(7-11(18)19)8-13(14,15)16/h9-10H,4-8H2,1-3H3,(H,18,19). The molecule has 19 heavy (non-hydrogen) atoms. The molecule has 3 nitrogen and oxygen atoms in total. The van der Waals surface area contributed by atoms with Gasteiger partial charge in [-0.25, -0.2) is 0 Å². The van der Waals surface area contributed by atoms with Gasteiger partial charge in [0.2, 0.25) is 0 Å². The van der Waals surface area contributed by atoms with Crippen molar-refractivity contribution in [3.05, 3.63) is 0 Å². The molecule has 0 spiro atoms. The first kappa shape index (κ1) is 16.3. The quantitative estimate of drug-likeness (QED) is 0.860. The number of hydrogen-bond acceptors (Lipinski definition) is 2. The predicted octanol–water partition coefficient (Wildman–Crippen LogP) is 3.15. The number of carbonyl (C=O) groups is 1. The van der Waals surface area contributed by atoms with E-state index in [0.717, 1.165) is 11.3 Å². The number of carboxylic acid groups (broad SMARTS) is 1. The molecule has 0 radical (unpaired) electrons.